The van der Waals surface area contributed by atoms with Crippen molar-refractivity contribution in [1.82, 2.24) is 0 Å². The van der Waals surface area contributed by atoms with Crippen molar-refractivity contribution in [2.24, 2.45) is 11.7 Å². The van der Waals surface area contributed by atoms with E-state index in [2.05, 4.69) is 13.8 Å². The highest BCUT2D eigenvalue weighted by molar-refractivity contribution is 5.39. The van der Waals surface area contributed by atoms with Gasteiger partial charge in [0.15, 0.2) is 11.5 Å². The molecular weight excluding hydrogens is 202 g/mol. The summed E-state index contributed by atoms with van der Waals surface area (Å²) in [5.41, 5.74) is 6.00. The molecule has 0 radical (unpaired) electrons. The van der Waals surface area contributed by atoms with Gasteiger partial charge >= 0.3 is 0 Å². The minimum absolute atomic E-state index is 0.0647. The van der Waals surface area contributed by atoms with Crippen molar-refractivity contribution < 1.29 is 9.47 Å². The van der Waals surface area contributed by atoms with Gasteiger partial charge in [0.05, 0.1) is 7.11 Å². The molecule has 90 valence electrons. The molecule has 0 amide bonds. The van der Waals surface area contributed by atoms with Gasteiger partial charge in [-0.3, -0.25) is 0 Å². The van der Waals surface area contributed by atoms with E-state index >= 15 is 0 Å². The maximum absolute atomic E-state index is 6.00. The first-order valence-electron chi connectivity index (χ1n) is 5.70. The third-order valence-corrected chi connectivity index (χ3v) is 2.88. The molecule has 0 aromatic heterocycles. The van der Waals surface area contributed by atoms with E-state index in [9.17, 15) is 0 Å². The number of hydrogen-bond acceptors (Lipinski definition) is 3. The Morgan fingerprint density at radius 1 is 1.25 bits per heavy atom. The van der Waals surface area contributed by atoms with Crippen LogP contribution in [0, 0.1) is 5.92 Å². The molecule has 3 nitrogen and oxygen atoms in total. The number of ether oxygens (including phenoxy) is 2. The molecule has 3 heteroatoms. The molecular formula is C13H21NO2. The van der Waals surface area contributed by atoms with Crippen LogP contribution in [0.4, 0.5) is 0 Å². The van der Waals surface area contributed by atoms with Crippen molar-refractivity contribution in [3.8, 4) is 11.5 Å². The second kappa shape index (κ2) is 6.38. The smallest absolute Gasteiger partial charge is 0.161 e. The summed E-state index contributed by atoms with van der Waals surface area (Å²) in [6.07, 6.45) is 1.07. The lowest BCUT2D eigenvalue weighted by Crippen LogP contribution is -2.34. The molecule has 0 saturated heterocycles. The van der Waals surface area contributed by atoms with E-state index in [0.29, 0.717) is 12.5 Å². The van der Waals surface area contributed by atoms with Crippen LogP contribution in [0.25, 0.3) is 0 Å². The zero-order valence-electron chi connectivity index (χ0n) is 10.3. The fourth-order valence-corrected chi connectivity index (χ4v) is 1.39. The molecule has 1 aromatic rings. The number of para-hydroxylation sites is 2. The number of methoxy groups -OCH3 is 1. The lowest BCUT2D eigenvalue weighted by Gasteiger charge is -2.19. The van der Waals surface area contributed by atoms with Crippen LogP contribution in [0.1, 0.15) is 20.3 Å². The minimum atomic E-state index is 0.0647. The van der Waals surface area contributed by atoms with Crippen LogP contribution in [-0.2, 0) is 0 Å². The molecule has 0 fully saturated rings. The van der Waals surface area contributed by atoms with Crippen LogP contribution in [0.3, 0.4) is 0 Å². The van der Waals surface area contributed by atoms with Gasteiger partial charge in [-0.2, -0.15) is 0 Å². The zero-order valence-corrected chi connectivity index (χ0v) is 10.3. The Bertz CT molecular complexity index is 315. The first-order chi connectivity index (χ1) is 7.69. The first kappa shape index (κ1) is 12.8. The highest BCUT2D eigenvalue weighted by Gasteiger charge is 2.12. The SMILES string of the molecule is CCC(C)C(N)COc1ccccc1OC. The summed E-state index contributed by atoms with van der Waals surface area (Å²) in [5.74, 6) is 1.97. The summed E-state index contributed by atoms with van der Waals surface area (Å²) in [5, 5.41) is 0. The highest BCUT2D eigenvalue weighted by Crippen LogP contribution is 2.26. The van der Waals surface area contributed by atoms with Crippen LogP contribution in [-0.4, -0.2) is 19.8 Å². The maximum atomic E-state index is 6.00. The van der Waals surface area contributed by atoms with E-state index in [0.717, 1.165) is 17.9 Å². The summed E-state index contributed by atoms with van der Waals surface area (Å²) < 4.78 is 10.9. The Morgan fingerprint density at radius 3 is 2.44 bits per heavy atom. The Hall–Kier alpha value is -1.22. The summed E-state index contributed by atoms with van der Waals surface area (Å²) in [6, 6.07) is 7.68. The van der Waals surface area contributed by atoms with Crippen molar-refractivity contribution in [3.63, 3.8) is 0 Å². The molecule has 0 bridgehead atoms. The van der Waals surface area contributed by atoms with Gasteiger partial charge < -0.3 is 15.2 Å². The van der Waals surface area contributed by atoms with Gasteiger partial charge in [-0.25, -0.2) is 0 Å². The number of rotatable bonds is 6. The first-order valence-corrected chi connectivity index (χ1v) is 5.70. The van der Waals surface area contributed by atoms with E-state index in [1.54, 1.807) is 7.11 Å². The molecule has 1 rings (SSSR count). The third-order valence-electron chi connectivity index (χ3n) is 2.88. The van der Waals surface area contributed by atoms with Gasteiger partial charge in [0.2, 0.25) is 0 Å². The summed E-state index contributed by atoms with van der Waals surface area (Å²) in [7, 11) is 1.64. The van der Waals surface area contributed by atoms with Crippen LogP contribution in [0.15, 0.2) is 24.3 Å². The average Bonchev–Trinajstić information content (AvgIpc) is 2.35. The van der Waals surface area contributed by atoms with Crippen molar-refractivity contribution in [1.29, 1.82) is 0 Å². The van der Waals surface area contributed by atoms with E-state index in [1.165, 1.54) is 0 Å². The van der Waals surface area contributed by atoms with Gasteiger partial charge in [-0.15, -0.1) is 0 Å². The Kier molecular flexibility index (Phi) is 5.12. The molecule has 0 aliphatic rings. The van der Waals surface area contributed by atoms with Gasteiger partial charge in [-0.05, 0) is 18.1 Å². The molecule has 2 unspecified atom stereocenters. The highest BCUT2D eigenvalue weighted by atomic mass is 16.5. The van der Waals surface area contributed by atoms with Crippen LogP contribution in [0.2, 0.25) is 0 Å². The van der Waals surface area contributed by atoms with E-state index < -0.39 is 0 Å². The lowest BCUT2D eigenvalue weighted by atomic mass is 10.0. The molecule has 16 heavy (non-hydrogen) atoms. The molecule has 0 saturated carbocycles. The average molecular weight is 223 g/mol. The van der Waals surface area contributed by atoms with Gasteiger partial charge in [-0.1, -0.05) is 32.4 Å². The fourth-order valence-electron chi connectivity index (χ4n) is 1.39. The number of hydrogen-bond donors (Lipinski definition) is 1. The van der Waals surface area contributed by atoms with E-state index in [1.807, 2.05) is 24.3 Å². The molecule has 0 aliphatic carbocycles. The zero-order chi connectivity index (χ0) is 12.0. The number of benzene rings is 1. The van der Waals surface area contributed by atoms with Crippen molar-refractivity contribution >= 4 is 0 Å². The monoisotopic (exact) mass is 223 g/mol. The van der Waals surface area contributed by atoms with Crippen molar-refractivity contribution in [2.75, 3.05) is 13.7 Å². The molecule has 0 spiro atoms. The Labute approximate surface area is 97.6 Å². The van der Waals surface area contributed by atoms with Crippen LogP contribution >= 0.6 is 0 Å². The Balaban J connectivity index is 2.54. The maximum Gasteiger partial charge on any atom is 0.161 e. The van der Waals surface area contributed by atoms with Crippen molar-refractivity contribution in [3.05, 3.63) is 24.3 Å². The summed E-state index contributed by atoms with van der Waals surface area (Å²) in [4.78, 5) is 0. The Morgan fingerprint density at radius 2 is 1.88 bits per heavy atom. The molecule has 2 atom stereocenters. The lowest BCUT2D eigenvalue weighted by molar-refractivity contribution is 0.240. The topological polar surface area (TPSA) is 44.5 Å². The van der Waals surface area contributed by atoms with E-state index in [4.69, 9.17) is 15.2 Å². The normalized spacial score (nSPS) is 14.2. The number of nitrogens with two attached hydrogens (primary N) is 1. The summed E-state index contributed by atoms with van der Waals surface area (Å²) in [6.45, 7) is 4.79. The predicted molar refractivity (Wildman–Crippen MR) is 65.9 cm³/mol. The van der Waals surface area contributed by atoms with Gasteiger partial charge in [0, 0.05) is 6.04 Å². The molecule has 2 N–H and O–H groups in total. The second-order valence-electron chi connectivity index (χ2n) is 4.01. The largest absolute Gasteiger partial charge is 0.493 e. The van der Waals surface area contributed by atoms with Crippen molar-refractivity contribution in [2.45, 2.75) is 26.3 Å². The standard InChI is InChI=1S/C13H21NO2/c1-4-10(2)11(14)9-16-13-8-6-5-7-12(13)15-3/h5-8,10-11H,4,9,14H2,1-3H3. The molecule has 0 heterocycles. The molecule has 0 aliphatic heterocycles. The minimum Gasteiger partial charge on any atom is -0.493 e. The quantitative estimate of drug-likeness (QED) is 0.805. The summed E-state index contributed by atoms with van der Waals surface area (Å²) >= 11 is 0. The third kappa shape index (κ3) is 3.42. The van der Waals surface area contributed by atoms with Crippen LogP contribution < -0.4 is 15.2 Å². The van der Waals surface area contributed by atoms with Gasteiger partial charge in [0.1, 0.15) is 6.61 Å². The van der Waals surface area contributed by atoms with Crippen LogP contribution in [0.5, 0.6) is 11.5 Å². The van der Waals surface area contributed by atoms with Gasteiger partial charge in [0.25, 0.3) is 0 Å². The fraction of sp³-hybridized carbons (Fsp3) is 0.538. The second-order valence-corrected chi connectivity index (χ2v) is 4.01. The molecule has 1 aromatic carbocycles. The van der Waals surface area contributed by atoms with E-state index in [-0.39, 0.29) is 6.04 Å². The predicted octanol–water partition coefficient (Wildman–Crippen LogP) is 2.45.